The second-order valence-corrected chi connectivity index (χ2v) is 7.70. The van der Waals surface area contributed by atoms with E-state index in [2.05, 4.69) is 22.2 Å². The van der Waals surface area contributed by atoms with Crippen LogP contribution < -0.4 is 0 Å². The van der Waals surface area contributed by atoms with Gasteiger partial charge in [-0.25, -0.2) is 0 Å². The summed E-state index contributed by atoms with van der Waals surface area (Å²) >= 11 is 0. The molecule has 0 aromatic carbocycles. The van der Waals surface area contributed by atoms with E-state index in [0.29, 0.717) is 6.42 Å². The zero-order chi connectivity index (χ0) is 16.5. The van der Waals surface area contributed by atoms with E-state index < -0.39 is 16.4 Å². The van der Waals surface area contributed by atoms with Crippen LogP contribution in [-0.4, -0.2) is 19.5 Å². The van der Waals surface area contributed by atoms with Crippen molar-refractivity contribution in [3.8, 4) is 0 Å². The lowest BCUT2D eigenvalue weighted by Gasteiger charge is -2.33. The van der Waals surface area contributed by atoms with Crippen LogP contribution in [0.3, 0.4) is 0 Å². The highest BCUT2D eigenvalue weighted by molar-refractivity contribution is 7.82. The number of aliphatic hydroxyl groups is 1. The second-order valence-electron chi connectivity index (χ2n) is 6.55. The van der Waals surface area contributed by atoms with Crippen LogP contribution in [0, 0.1) is 5.92 Å². The number of unbranched alkanes of at least 4 members (excludes halogenated alkanes) is 7. The Morgan fingerprint density at radius 2 is 1.41 bits per heavy atom. The predicted molar refractivity (Wildman–Crippen MR) is 86.3 cm³/mol. The Labute approximate surface area is 135 Å². The van der Waals surface area contributed by atoms with Crippen LogP contribution in [0.1, 0.15) is 90.9 Å². The highest BCUT2D eigenvalue weighted by atomic mass is 32.3. The molecule has 1 rings (SSSR count). The Balaban J connectivity index is 1.86. The highest BCUT2D eigenvalue weighted by Gasteiger charge is 2.50. The van der Waals surface area contributed by atoms with Crippen molar-refractivity contribution in [2.24, 2.45) is 5.92 Å². The van der Waals surface area contributed by atoms with E-state index in [-0.39, 0.29) is 6.42 Å². The molecule has 0 radical (unpaired) electrons. The van der Waals surface area contributed by atoms with Crippen LogP contribution in [0.15, 0.2) is 0 Å². The second kappa shape index (κ2) is 9.85. The van der Waals surface area contributed by atoms with E-state index in [1.165, 1.54) is 51.4 Å². The molecule has 1 aliphatic rings. The summed E-state index contributed by atoms with van der Waals surface area (Å²) in [5, 5.41) is 9.51. The largest absolute Gasteiger partial charge is 0.409 e. The Hall–Kier alpha value is -0.170. The van der Waals surface area contributed by atoms with E-state index in [4.69, 9.17) is 0 Å². The third kappa shape index (κ3) is 8.46. The highest BCUT2D eigenvalue weighted by Crippen LogP contribution is 2.32. The molecule has 0 aliphatic carbocycles. The normalized spacial score (nSPS) is 20.5. The van der Waals surface area contributed by atoms with Crippen LogP contribution >= 0.6 is 0 Å². The van der Waals surface area contributed by atoms with Crippen LogP contribution in [0.4, 0.5) is 0 Å². The van der Waals surface area contributed by atoms with E-state index in [1.54, 1.807) is 0 Å². The summed E-state index contributed by atoms with van der Waals surface area (Å²) in [7, 11) is -3.91. The zero-order valence-electron chi connectivity index (χ0n) is 14.1. The van der Waals surface area contributed by atoms with Gasteiger partial charge in [0, 0.05) is 6.42 Å². The average molecular weight is 336 g/mol. The smallest absolute Gasteiger partial charge is 0.342 e. The van der Waals surface area contributed by atoms with Gasteiger partial charge >= 0.3 is 16.4 Å². The monoisotopic (exact) mass is 336 g/mol. The number of rotatable bonds is 13. The van der Waals surface area contributed by atoms with Gasteiger partial charge in [-0.3, -0.25) is 0 Å². The molecule has 5 nitrogen and oxygen atoms in total. The molecule has 1 fully saturated rings. The van der Waals surface area contributed by atoms with Crippen molar-refractivity contribution in [1.29, 1.82) is 0 Å². The molecule has 0 amide bonds. The summed E-state index contributed by atoms with van der Waals surface area (Å²) < 4.78 is 29.9. The fraction of sp³-hybridized carbons (Fsp3) is 1.00. The van der Waals surface area contributed by atoms with Crippen molar-refractivity contribution in [2.45, 2.75) is 96.9 Å². The van der Waals surface area contributed by atoms with E-state index in [1.807, 2.05) is 0 Å². The van der Waals surface area contributed by atoms with Gasteiger partial charge in [-0.1, -0.05) is 78.1 Å². The molecule has 1 heterocycles. The first kappa shape index (κ1) is 19.9. The van der Waals surface area contributed by atoms with Gasteiger partial charge in [0.15, 0.2) is 0 Å². The zero-order valence-corrected chi connectivity index (χ0v) is 14.9. The van der Waals surface area contributed by atoms with Crippen LogP contribution in [0.2, 0.25) is 0 Å². The van der Waals surface area contributed by atoms with Gasteiger partial charge in [-0.15, -0.1) is 0 Å². The molecular formula is C16H32O5S. The Bertz CT molecular complexity index is 381. The lowest BCUT2D eigenvalue weighted by molar-refractivity contribution is -0.329. The molecule has 1 atom stereocenters. The van der Waals surface area contributed by atoms with Crippen molar-refractivity contribution in [3.63, 3.8) is 0 Å². The number of hydrogen-bond acceptors (Lipinski definition) is 5. The third-order valence-electron chi connectivity index (χ3n) is 4.20. The molecule has 0 spiro atoms. The molecule has 1 N–H and O–H groups in total. The van der Waals surface area contributed by atoms with Gasteiger partial charge in [0.1, 0.15) is 0 Å². The molecule has 6 heteroatoms. The first-order chi connectivity index (χ1) is 10.4. The maximum Gasteiger partial charge on any atom is 0.409 e. The first-order valence-electron chi connectivity index (χ1n) is 8.75. The van der Waals surface area contributed by atoms with E-state index >= 15 is 0 Å². The van der Waals surface area contributed by atoms with E-state index in [0.717, 1.165) is 18.8 Å². The van der Waals surface area contributed by atoms with Crippen LogP contribution in [0.5, 0.6) is 0 Å². The predicted octanol–water partition coefficient (Wildman–Crippen LogP) is 4.26. The summed E-state index contributed by atoms with van der Waals surface area (Å²) in [6.07, 6.45) is 13.4. The molecule has 132 valence electrons. The molecule has 0 bridgehead atoms. The molecule has 0 aromatic heterocycles. The van der Waals surface area contributed by atoms with Crippen LogP contribution in [0.25, 0.3) is 0 Å². The Morgan fingerprint density at radius 1 is 0.909 bits per heavy atom. The number of hydrogen-bond donors (Lipinski definition) is 1. The maximum atomic E-state index is 10.6. The van der Waals surface area contributed by atoms with Crippen molar-refractivity contribution >= 4 is 10.4 Å². The van der Waals surface area contributed by atoms with Crippen molar-refractivity contribution in [1.82, 2.24) is 0 Å². The molecular weight excluding hydrogens is 304 g/mol. The molecule has 22 heavy (non-hydrogen) atoms. The first-order valence-corrected chi connectivity index (χ1v) is 10.1. The molecule has 1 saturated heterocycles. The minimum atomic E-state index is -3.91. The van der Waals surface area contributed by atoms with Gasteiger partial charge in [0.2, 0.25) is 0 Å². The van der Waals surface area contributed by atoms with E-state index in [9.17, 15) is 13.5 Å². The summed E-state index contributed by atoms with van der Waals surface area (Å²) in [5.74, 6) is -1.05. The lowest BCUT2D eigenvalue weighted by Crippen LogP contribution is -2.50. The van der Waals surface area contributed by atoms with Gasteiger partial charge in [0.05, 0.1) is 0 Å². The van der Waals surface area contributed by atoms with Crippen molar-refractivity contribution < 1.29 is 21.9 Å². The summed E-state index contributed by atoms with van der Waals surface area (Å²) in [5.41, 5.74) is 0. The fourth-order valence-electron chi connectivity index (χ4n) is 2.84. The van der Waals surface area contributed by atoms with Gasteiger partial charge in [-0.2, -0.15) is 16.8 Å². The SMILES string of the molecule is CCCCCC(C)CCCCCCCCC1(O)OS(=O)(=O)O1. The maximum absolute atomic E-state index is 10.6. The van der Waals surface area contributed by atoms with Crippen molar-refractivity contribution in [2.75, 3.05) is 0 Å². The minimum absolute atomic E-state index is 0.209. The van der Waals surface area contributed by atoms with Crippen LogP contribution in [-0.2, 0) is 18.8 Å². The minimum Gasteiger partial charge on any atom is -0.342 e. The quantitative estimate of drug-likeness (QED) is 0.509. The molecule has 0 aromatic rings. The summed E-state index contributed by atoms with van der Waals surface area (Å²) in [4.78, 5) is 0. The topological polar surface area (TPSA) is 72.8 Å². The molecule has 1 unspecified atom stereocenters. The van der Waals surface area contributed by atoms with Crippen molar-refractivity contribution in [3.05, 3.63) is 0 Å². The van der Waals surface area contributed by atoms with Gasteiger partial charge in [-0.05, 0) is 12.3 Å². The fourth-order valence-corrected chi connectivity index (χ4v) is 3.66. The summed E-state index contributed by atoms with van der Waals surface area (Å²) in [6, 6.07) is 0. The molecule has 0 saturated carbocycles. The average Bonchev–Trinajstić information content (AvgIpc) is 2.39. The standard InChI is InChI=1S/C16H32O5S/c1-3-4-9-12-15(2)13-10-7-5-6-8-11-14-16(17)20-22(18,19)21-16/h15,17H,3-14H2,1-2H3. The van der Waals surface area contributed by atoms with Gasteiger partial charge in [0.25, 0.3) is 0 Å². The Morgan fingerprint density at radius 3 is 1.95 bits per heavy atom. The summed E-state index contributed by atoms with van der Waals surface area (Å²) in [6.45, 7) is 4.59. The Kier molecular flexibility index (Phi) is 8.90. The van der Waals surface area contributed by atoms with Gasteiger partial charge < -0.3 is 5.11 Å². The lowest BCUT2D eigenvalue weighted by atomic mass is 9.96. The molecule has 1 aliphatic heterocycles. The third-order valence-corrected chi connectivity index (χ3v) is 5.13.